The number of benzene rings is 3. The molecule has 4 nitrogen and oxygen atoms in total. The molecule has 1 heterocycles. The molecular weight excluding hydrogens is 379 g/mol. The molecular formula is C25H27FN2O2. The Balaban J connectivity index is 1.30. The Hall–Kier alpha value is -3.08. The van der Waals surface area contributed by atoms with Crippen molar-refractivity contribution in [1.82, 2.24) is 5.32 Å². The van der Waals surface area contributed by atoms with Gasteiger partial charge in [-0.2, -0.15) is 0 Å². The molecule has 30 heavy (non-hydrogen) atoms. The number of halogens is 1. The number of hydrogen-bond donors (Lipinski definition) is 1. The molecule has 1 saturated heterocycles. The first-order chi connectivity index (χ1) is 14.6. The summed E-state index contributed by atoms with van der Waals surface area (Å²) in [7, 11) is 1.70. The number of carbonyl (C=O) groups is 1. The quantitative estimate of drug-likeness (QED) is 0.625. The second-order valence-corrected chi connectivity index (χ2v) is 7.85. The topological polar surface area (TPSA) is 41.6 Å². The van der Waals surface area contributed by atoms with Gasteiger partial charge >= 0.3 is 0 Å². The maximum absolute atomic E-state index is 13.0. The van der Waals surface area contributed by atoms with Gasteiger partial charge in [0.25, 0.3) is 5.91 Å². The van der Waals surface area contributed by atoms with E-state index in [1.54, 1.807) is 7.11 Å². The normalized spacial score (nSPS) is 14.7. The Bertz CT molecular complexity index is 1010. The third kappa shape index (κ3) is 4.56. The molecule has 0 unspecified atom stereocenters. The zero-order valence-electron chi connectivity index (χ0n) is 17.2. The van der Waals surface area contributed by atoms with Crippen LogP contribution in [0.25, 0.3) is 10.8 Å². The third-order valence-corrected chi connectivity index (χ3v) is 5.97. The number of methoxy groups -OCH3 is 1. The van der Waals surface area contributed by atoms with E-state index in [0.717, 1.165) is 38.1 Å². The summed E-state index contributed by atoms with van der Waals surface area (Å²) in [6.07, 6.45) is 3.17. The van der Waals surface area contributed by atoms with Gasteiger partial charge in [-0.25, -0.2) is 4.39 Å². The number of rotatable bonds is 6. The Morgan fingerprint density at radius 2 is 1.87 bits per heavy atom. The monoisotopic (exact) mass is 406 g/mol. The number of nitrogens with one attached hydrogen (secondary N) is 1. The van der Waals surface area contributed by atoms with E-state index in [-0.39, 0.29) is 11.7 Å². The van der Waals surface area contributed by atoms with Crippen molar-refractivity contribution in [3.63, 3.8) is 0 Å². The van der Waals surface area contributed by atoms with Crippen LogP contribution in [0.15, 0.2) is 60.7 Å². The lowest BCUT2D eigenvalue weighted by Crippen LogP contribution is -2.35. The Morgan fingerprint density at radius 1 is 1.10 bits per heavy atom. The lowest BCUT2D eigenvalue weighted by molar-refractivity contribution is 0.0950. The molecule has 0 saturated carbocycles. The molecule has 156 valence electrons. The molecule has 1 aliphatic heterocycles. The minimum atomic E-state index is -0.331. The fourth-order valence-electron chi connectivity index (χ4n) is 4.19. The van der Waals surface area contributed by atoms with E-state index in [0.29, 0.717) is 18.0 Å². The molecule has 4 rings (SSSR count). The first kappa shape index (κ1) is 20.2. The number of anilines is 1. The van der Waals surface area contributed by atoms with E-state index in [4.69, 9.17) is 4.74 Å². The predicted molar refractivity (Wildman–Crippen MR) is 119 cm³/mol. The van der Waals surface area contributed by atoms with E-state index in [1.807, 2.05) is 6.07 Å². The van der Waals surface area contributed by atoms with Crippen LogP contribution in [0.5, 0.6) is 5.75 Å². The van der Waals surface area contributed by atoms with Gasteiger partial charge in [0.2, 0.25) is 0 Å². The van der Waals surface area contributed by atoms with Crippen LogP contribution < -0.4 is 15.0 Å². The van der Waals surface area contributed by atoms with Crippen LogP contribution in [0.2, 0.25) is 0 Å². The van der Waals surface area contributed by atoms with Crippen molar-refractivity contribution < 1.29 is 13.9 Å². The second kappa shape index (κ2) is 9.16. The number of nitrogens with zero attached hydrogens (tertiary/aromatic N) is 1. The lowest BCUT2D eigenvalue weighted by atomic mass is 9.92. The van der Waals surface area contributed by atoms with Crippen molar-refractivity contribution in [2.24, 2.45) is 5.92 Å². The largest absolute Gasteiger partial charge is 0.497 e. The highest BCUT2D eigenvalue weighted by atomic mass is 19.1. The van der Waals surface area contributed by atoms with Crippen LogP contribution in [-0.2, 0) is 0 Å². The number of fused-ring (bicyclic) bond motifs is 1. The molecule has 3 aromatic rings. The van der Waals surface area contributed by atoms with Gasteiger partial charge in [-0.1, -0.05) is 18.2 Å². The molecule has 0 atom stereocenters. The number of amides is 1. The minimum absolute atomic E-state index is 0.142. The molecule has 0 bridgehead atoms. The van der Waals surface area contributed by atoms with Crippen LogP contribution >= 0.6 is 0 Å². The van der Waals surface area contributed by atoms with Gasteiger partial charge in [0, 0.05) is 36.3 Å². The highest BCUT2D eigenvalue weighted by Gasteiger charge is 2.21. The number of piperidine rings is 1. The minimum Gasteiger partial charge on any atom is -0.497 e. The molecule has 1 N–H and O–H groups in total. The number of hydrogen-bond acceptors (Lipinski definition) is 3. The van der Waals surface area contributed by atoms with Crippen LogP contribution in [0, 0.1) is 11.7 Å². The zero-order chi connectivity index (χ0) is 20.9. The van der Waals surface area contributed by atoms with Gasteiger partial charge in [0.15, 0.2) is 0 Å². The molecule has 3 aromatic carbocycles. The molecule has 1 aliphatic rings. The predicted octanol–water partition coefficient (Wildman–Crippen LogP) is 5.02. The molecule has 0 radical (unpaired) electrons. The fourth-order valence-corrected chi connectivity index (χ4v) is 4.19. The number of ether oxygens (including phenoxy) is 1. The Labute approximate surface area is 176 Å². The highest BCUT2D eigenvalue weighted by Crippen LogP contribution is 2.33. The van der Waals surface area contributed by atoms with Crippen molar-refractivity contribution in [2.45, 2.75) is 19.3 Å². The Morgan fingerprint density at radius 3 is 2.60 bits per heavy atom. The van der Waals surface area contributed by atoms with Gasteiger partial charge in [-0.3, -0.25) is 4.79 Å². The summed E-state index contributed by atoms with van der Waals surface area (Å²) in [4.78, 5) is 14.6. The summed E-state index contributed by atoms with van der Waals surface area (Å²) in [6.45, 7) is 2.66. The maximum Gasteiger partial charge on any atom is 0.251 e. The summed E-state index contributed by atoms with van der Waals surface area (Å²) in [5, 5.41) is 5.40. The summed E-state index contributed by atoms with van der Waals surface area (Å²) in [5.41, 5.74) is 1.76. The highest BCUT2D eigenvalue weighted by molar-refractivity contribution is 5.95. The van der Waals surface area contributed by atoms with Crippen molar-refractivity contribution in [1.29, 1.82) is 0 Å². The van der Waals surface area contributed by atoms with Crippen molar-refractivity contribution in [3.8, 4) is 5.75 Å². The standard InChI is InChI=1S/C25H27FN2O2/c1-30-22-10-7-19-3-2-4-24(23(19)17-22)28-15-12-18(13-16-28)11-14-27-25(29)20-5-8-21(26)9-6-20/h2-10,17-18H,11-16H2,1H3,(H,27,29). The van der Waals surface area contributed by atoms with E-state index < -0.39 is 0 Å². The van der Waals surface area contributed by atoms with Crippen molar-refractivity contribution in [3.05, 3.63) is 72.0 Å². The van der Waals surface area contributed by atoms with Crippen LogP contribution in [0.1, 0.15) is 29.6 Å². The molecule has 0 aliphatic carbocycles. The SMILES string of the molecule is COc1ccc2cccc(N3CCC(CCNC(=O)c4ccc(F)cc4)CC3)c2c1. The average Bonchev–Trinajstić information content (AvgIpc) is 2.79. The molecule has 5 heteroatoms. The summed E-state index contributed by atoms with van der Waals surface area (Å²) >= 11 is 0. The van der Waals surface area contributed by atoms with E-state index in [2.05, 4.69) is 40.5 Å². The van der Waals surface area contributed by atoms with Crippen molar-refractivity contribution in [2.75, 3.05) is 31.6 Å². The molecule has 1 fully saturated rings. The number of carbonyl (C=O) groups excluding carboxylic acids is 1. The van der Waals surface area contributed by atoms with Gasteiger partial charge in [0.05, 0.1) is 7.11 Å². The molecule has 0 aromatic heterocycles. The second-order valence-electron chi connectivity index (χ2n) is 7.85. The molecule has 1 amide bonds. The van der Waals surface area contributed by atoms with Gasteiger partial charge in [-0.15, -0.1) is 0 Å². The first-order valence-electron chi connectivity index (χ1n) is 10.5. The van der Waals surface area contributed by atoms with Crippen LogP contribution in [0.3, 0.4) is 0 Å². The third-order valence-electron chi connectivity index (χ3n) is 5.97. The van der Waals surface area contributed by atoms with E-state index in [9.17, 15) is 9.18 Å². The van der Waals surface area contributed by atoms with Crippen LogP contribution in [0.4, 0.5) is 10.1 Å². The zero-order valence-corrected chi connectivity index (χ0v) is 17.2. The summed E-state index contributed by atoms with van der Waals surface area (Å²) < 4.78 is 18.4. The maximum atomic E-state index is 13.0. The molecule has 0 spiro atoms. The Kier molecular flexibility index (Phi) is 6.17. The fraction of sp³-hybridized carbons (Fsp3) is 0.320. The first-order valence-corrected chi connectivity index (χ1v) is 10.5. The van der Waals surface area contributed by atoms with E-state index in [1.165, 1.54) is 40.7 Å². The van der Waals surface area contributed by atoms with Crippen LogP contribution in [-0.4, -0.2) is 32.7 Å². The average molecular weight is 407 g/mol. The lowest BCUT2D eigenvalue weighted by Gasteiger charge is -2.34. The van der Waals surface area contributed by atoms with Gasteiger partial charge < -0.3 is 15.0 Å². The van der Waals surface area contributed by atoms with Gasteiger partial charge in [0.1, 0.15) is 11.6 Å². The summed E-state index contributed by atoms with van der Waals surface area (Å²) in [6, 6.07) is 18.3. The van der Waals surface area contributed by atoms with Gasteiger partial charge in [-0.05, 0) is 73.0 Å². The van der Waals surface area contributed by atoms with E-state index >= 15 is 0 Å². The summed E-state index contributed by atoms with van der Waals surface area (Å²) in [5.74, 6) is 1.00. The smallest absolute Gasteiger partial charge is 0.251 e. The van der Waals surface area contributed by atoms with Crippen molar-refractivity contribution >= 4 is 22.4 Å².